The molecule has 1 aliphatic rings. The third-order valence-corrected chi connectivity index (χ3v) is 4.33. The minimum absolute atomic E-state index is 0.0464. The SMILES string of the molecule is CCNC(CCC(F)(F)F)C1CSc2ccccc2O1. The van der Waals surface area contributed by atoms with Crippen molar-refractivity contribution in [1.29, 1.82) is 0 Å². The highest BCUT2D eigenvalue weighted by Crippen LogP contribution is 2.36. The number of halogens is 3. The molecule has 1 aromatic carbocycles. The Hall–Kier alpha value is -0.880. The monoisotopic (exact) mass is 305 g/mol. The molecule has 1 aromatic rings. The minimum Gasteiger partial charge on any atom is -0.487 e. The van der Waals surface area contributed by atoms with E-state index < -0.39 is 12.6 Å². The van der Waals surface area contributed by atoms with Gasteiger partial charge in [0.05, 0.1) is 0 Å². The van der Waals surface area contributed by atoms with Crippen LogP contribution in [0.2, 0.25) is 0 Å². The Balaban J connectivity index is 2.00. The molecule has 0 saturated carbocycles. The predicted octanol–water partition coefficient (Wildman–Crippen LogP) is 3.86. The summed E-state index contributed by atoms with van der Waals surface area (Å²) in [6.45, 7) is 2.53. The van der Waals surface area contributed by atoms with E-state index in [0.717, 1.165) is 10.6 Å². The van der Waals surface area contributed by atoms with Crippen LogP contribution in [0.15, 0.2) is 29.2 Å². The quantitative estimate of drug-likeness (QED) is 0.892. The average molecular weight is 305 g/mol. The fraction of sp³-hybridized carbons (Fsp3) is 0.571. The van der Waals surface area contributed by atoms with E-state index in [9.17, 15) is 13.2 Å². The van der Waals surface area contributed by atoms with E-state index in [-0.39, 0.29) is 18.6 Å². The van der Waals surface area contributed by atoms with Crippen LogP contribution >= 0.6 is 11.8 Å². The van der Waals surface area contributed by atoms with Crippen molar-refractivity contribution >= 4 is 11.8 Å². The van der Waals surface area contributed by atoms with Gasteiger partial charge in [-0.3, -0.25) is 0 Å². The molecule has 2 unspecified atom stereocenters. The summed E-state index contributed by atoms with van der Waals surface area (Å²) < 4.78 is 43.0. The van der Waals surface area contributed by atoms with Gasteiger partial charge in [-0.15, -0.1) is 11.8 Å². The molecule has 112 valence electrons. The largest absolute Gasteiger partial charge is 0.487 e. The zero-order valence-electron chi connectivity index (χ0n) is 11.2. The third-order valence-electron chi connectivity index (χ3n) is 3.18. The highest BCUT2D eigenvalue weighted by molar-refractivity contribution is 7.99. The van der Waals surface area contributed by atoms with E-state index in [1.807, 2.05) is 31.2 Å². The average Bonchev–Trinajstić information content (AvgIpc) is 2.42. The normalized spacial score (nSPS) is 20.1. The Kier molecular flexibility index (Phi) is 5.21. The van der Waals surface area contributed by atoms with Crippen molar-refractivity contribution in [3.8, 4) is 5.75 Å². The number of thioether (sulfide) groups is 1. The van der Waals surface area contributed by atoms with E-state index in [1.165, 1.54) is 0 Å². The van der Waals surface area contributed by atoms with Gasteiger partial charge in [-0.05, 0) is 25.1 Å². The van der Waals surface area contributed by atoms with Crippen molar-refractivity contribution in [2.75, 3.05) is 12.3 Å². The third kappa shape index (κ3) is 4.31. The number of para-hydroxylation sites is 1. The summed E-state index contributed by atoms with van der Waals surface area (Å²) in [5.74, 6) is 1.44. The number of nitrogens with one attached hydrogen (secondary N) is 1. The molecule has 2 rings (SSSR count). The molecular weight excluding hydrogens is 287 g/mol. The Morgan fingerprint density at radius 3 is 2.85 bits per heavy atom. The lowest BCUT2D eigenvalue weighted by Crippen LogP contribution is -2.46. The zero-order chi connectivity index (χ0) is 14.6. The van der Waals surface area contributed by atoms with Crippen molar-refractivity contribution < 1.29 is 17.9 Å². The fourth-order valence-electron chi connectivity index (χ4n) is 2.23. The van der Waals surface area contributed by atoms with Crippen LogP contribution in [-0.4, -0.2) is 30.6 Å². The second kappa shape index (κ2) is 6.72. The molecular formula is C14H18F3NOS. The van der Waals surface area contributed by atoms with Crippen LogP contribution in [0, 0.1) is 0 Å². The summed E-state index contributed by atoms with van der Waals surface area (Å²) in [7, 11) is 0. The molecule has 2 atom stereocenters. The van der Waals surface area contributed by atoms with Crippen LogP contribution in [0.25, 0.3) is 0 Å². The standard InChI is InChI=1S/C14H18F3NOS/c1-2-18-10(7-8-14(15,16)17)12-9-20-13-6-4-3-5-11(13)19-12/h3-6,10,12,18H,2,7-9H2,1H3. The fourth-order valence-corrected chi connectivity index (χ4v) is 3.31. The molecule has 2 nitrogen and oxygen atoms in total. The minimum atomic E-state index is -4.12. The Morgan fingerprint density at radius 1 is 1.40 bits per heavy atom. The summed E-state index contributed by atoms with van der Waals surface area (Å²) >= 11 is 1.64. The van der Waals surface area contributed by atoms with Crippen LogP contribution in [0.3, 0.4) is 0 Å². The van der Waals surface area contributed by atoms with Crippen LogP contribution < -0.4 is 10.1 Å². The van der Waals surface area contributed by atoms with Gasteiger partial charge in [0.15, 0.2) is 0 Å². The van der Waals surface area contributed by atoms with Crippen molar-refractivity contribution in [2.24, 2.45) is 0 Å². The highest BCUT2D eigenvalue weighted by atomic mass is 32.2. The van der Waals surface area contributed by atoms with Crippen LogP contribution in [0.4, 0.5) is 13.2 Å². The summed E-state index contributed by atoms with van der Waals surface area (Å²) in [4.78, 5) is 1.05. The maximum atomic E-state index is 12.4. The molecule has 0 fully saturated rings. The smallest absolute Gasteiger partial charge is 0.389 e. The first-order valence-electron chi connectivity index (χ1n) is 6.68. The van der Waals surface area contributed by atoms with Gasteiger partial charge in [0.25, 0.3) is 0 Å². The second-order valence-corrected chi connectivity index (χ2v) is 5.79. The predicted molar refractivity (Wildman–Crippen MR) is 74.3 cm³/mol. The summed E-state index contributed by atoms with van der Waals surface area (Å²) in [6.07, 6.45) is -5.08. The van der Waals surface area contributed by atoms with Crippen molar-refractivity contribution in [1.82, 2.24) is 5.32 Å². The molecule has 1 aliphatic heterocycles. The number of alkyl halides is 3. The number of benzene rings is 1. The van der Waals surface area contributed by atoms with Gasteiger partial charge in [-0.25, -0.2) is 0 Å². The van der Waals surface area contributed by atoms with E-state index in [0.29, 0.717) is 12.3 Å². The molecule has 6 heteroatoms. The molecule has 0 radical (unpaired) electrons. The molecule has 0 spiro atoms. The summed E-state index contributed by atoms with van der Waals surface area (Å²) in [6, 6.07) is 7.36. The molecule has 1 N–H and O–H groups in total. The van der Waals surface area contributed by atoms with Gasteiger partial charge in [0, 0.05) is 23.1 Å². The van der Waals surface area contributed by atoms with Crippen LogP contribution in [-0.2, 0) is 0 Å². The number of hydrogen-bond donors (Lipinski definition) is 1. The summed E-state index contributed by atoms with van der Waals surface area (Å²) in [5.41, 5.74) is 0. The number of likely N-dealkylation sites (N-methyl/N-ethyl adjacent to an activating group) is 1. The Labute approximate surface area is 121 Å². The maximum Gasteiger partial charge on any atom is 0.389 e. The van der Waals surface area contributed by atoms with Crippen molar-refractivity contribution in [3.05, 3.63) is 24.3 Å². The lowest BCUT2D eigenvalue weighted by molar-refractivity contribution is -0.137. The molecule has 0 saturated heterocycles. The van der Waals surface area contributed by atoms with Crippen molar-refractivity contribution in [2.45, 2.75) is 43.0 Å². The van der Waals surface area contributed by atoms with Crippen LogP contribution in [0.1, 0.15) is 19.8 Å². The number of fused-ring (bicyclic) bond motifs is 1. The van der Waals surface area contributed by atoms with Gasteiger partial charge in [-0.2, -0.15) is 13.2 Å². The first-order valence-corrected chi connectivity index (χ1v) is 7.67. The molecule has 0 aliphatic carbocycles. The van der Waals surface area contributed by atoms with Gasteiger partial charge >= 0.3 is 6.18 Å². The van der Waals surface area contributed by atoms with Crippen LogP contribution in [0.5, 0.6) is 5.75 Å². The highest BCUT2D eigenvalue weighted by Gasteiger charge is 2.33. The number of rotatable bonds is 5. The van der Waals surface area contributed by atoms with E-state index >= 15 is 0 Å². The topological polar surface area (TPSA) is 21.3 Å². The maximum absolute atomic E-state index is 12.4. The van der Waals surface area contributed by atoms with E-state index in [1.54, 1.807) is 11.8 Å². The van der Waals surface area contributed by atoms with Gasteiger partial charge < -0.3 is 10.1 Å². The summed E-state index contributed by atoms with van der Waals surface area (Å²) in [5, 5.41) is 3.12. The first kappa shape index (κ1) is 15.5. The molecule has 0 aromatic heterocycles. The van der Waals surface area contributed by atoms with Gasteiger partial charge in [0.1, 0.15) is 11.9 Å². The lowest BCUT2D eigenvalue weighted by atomic mass is 10.1. The van der Waals surface area contributed by atoms with E-state index in [4.69, 9.17) is 4.74 Å². The Bertz CT molecular complexity index is 439. The lowest BCUT2D eigenvalue weighted by Gasteiger charge is -2.32. The molecule has 20 heavy (non-hydrogen) atoms. The number of ether oxygens (including phenoxy) is 1. The van der Waals surface area contributed by atoms with Crippen molar-refractivity contribution in [3.63, 3.8) is 0 Å². The van der Waals surface area contributed by atoms with E-state index in [2.05, 4.69) is 5.32 Å². The number of hydrogen-bond acceptors (Lipinski definition) is 3. The first-order chi connectivity index (χ1) is 9.49. The van der Waals surface area contributed by atoms with Gasteiger partial charge in [0.2, 0.25) is 0 Å². The molecule has 0 amide bonds. The Morgan fingerprint density at radius 2 is 2.15 bits per heavy atom. The van der Waals surface area contributed by atoms with Gasteiger partial charge in [-0.1, -0.05) is 19.1 Å². The zero-order valence-corrected chi connectivity index (χ0v) is 12.1. The molecule has 1 heterocycles. The molecule has 0 bridgehead atoms. The second-order valence-electron chi connectivity index (χ2n) is 4.73.